The van der Waals surface area contributed by atoms with Gasteiger partial charge in [-0.1, -0.05) is 0 Å². The molecular formula is C6H9B2F3N2O. The number of aromatic nitrogens is 2. The normalized spacial score (nSPS) is 13.1. The minimum Gasteiger partial charge on any atom is -0.402 e. The van der Waals surface area contributed by atoms with Crippen LogP contribution in [0.15, 0.2) is 12.3 Å². The molecule has 0 bridgehead atoms. The largest absolute Gasteiger partial charge is 0.408 e. The highest BCUT2D eigenvalue weighted by atomic mass is 19.4. The number of nitrogens with zero attached hydrogens (tertiary/aromatic N) is 2. The molecule has 0 aliphatic rings. The Kier molecular flexibility index (Phi) is 2.67. The molecule has 76 valence electrons. The molecule has 1 aromatic heterocycles. The predicted molar refractivity (Wildman–Crippen MR) is 49.3 cm³/mol. The van der Waals surface area contributed by atoms with E-state index in [1.807, 2.05) is 0 Å². The van der Waals surface area contributed by atoms with Crippen LogP contribution in [0.4, 0.5) is 13.2 Å². The smallest absolute Gasteiger partial charge is 0.402 e. The van der Waals surface area contributed by atoms with Crippen molar-refractivity contribution in [2.45, 2.75) is 18.1 Å². The second-order valence-corrected chi connectivity index (χ2v) is 3.55. The molecule has 0 fully saturated rings. The van der Waals surface area contributed by atoms with Crippen LogP contribution in [0.3, 0.4) is 0 Å². The summed E-state index contributed by atoms with van der Waals surface area (Å²) in [7, 11) is 2.83. The molecule has 0 aliphatic carbocycles. The van der Waals surface area contributed by atoms with E-state index in [1.165, 1.54) is 28.0 Å². The van der Waals surface area contributed by atoms with E-state index in [1.54, 1.807) is 0 Å². The van der Waals surface area contributed by atoms with Crippen LogP contribution in [0.25, 0.3) is 0 Å². The van der Waals surface area contributed by atoms with Crippen LogP contribution in [0.2, 0.25) is 0 Å². The maximum Gasteiger partial charge on any atom is 0.408 e. The number of hydrogen-bond donors (Lipinski definition) is 1. The average molecular weight is 204 g/mol. The molecule has 0 atom stereocenters. The first-order valence-electron chi connectivity index (χ1n) is 4.01. The van der Waals surface area contributed by atoms with Gasteiger partial charge in [0.1, 0.15) is 22.2 Å². The van der Waals surface area contributed by atoms with Gasteiger partial charge in [-0.25, -0.2) is 0 Å². The summed E-state index contributed by atoms with van der Waals surface area (Å²) in [6, 6.07) is 1.37. The number of alkyl halides is 3. The lowest BCUT2D eigenvalue weighted by atomic mass is 9.63. The molecule has 0 saturated heterocycles. The zero-order chi connectivity index (χ0) is 11.0. The van der Waals surface area contributed by atoms with Crippen molar-refractivity contribution in [1.82, 2.24) is 9.78 Å². The summed E-state index contributed by atoms with van der Waals surface area (Å²) in [5.41, 5.74) is 0.148. The topological polar surface area (TPSA) is 38.1 Å². The van der Waals surface area contributed by atoms with Crippen molar-refractivity contribution in [1.29, 1.82) is 0 Å². The number of halogens is 3. The Morgan fingerprint density at radius 2 is 2.00 bits per heavy atom. The lowest BCUT2D eigenvalue weighted by Crippen LogP contribution is -2.32. The molecule has 1 aromatic rings. The van der Waals surface area contributed by atoms with Crippen LogP contribution in [0, 0.1) is 0 Å². The minimum atomic E-state index is -4.33. The first kappa shape index (κ1) is 11.2. The van der Waals surface area contributed by atoms with Crippen molar-refractivity contribution >= 4 is 15.7 Å². The second kappa shape index (κ2) is 3.34. The van der Waals surface area contributed by atoms with Crippen molar-refractivity contribution in [2.24, 2.45) is 0 Å². The molecule has 1 rings (SSSR count). The van der Waals surface area contributed by atoms with Gasteiger partial charge < -0.3 is 5.11 Å². The Bertz CT molecular complexity index is 318. The lowest BCUT2D eigenvalue weighted by Gasteiger charge is -2.19. The fourth-order valence-electron chi connectivity index (χ4n) is 1.15. The maximum absolute atomic E-state index is 12.0. The third-order valence-electron chi connectivity index (χ3n) is 1.67. The van der Waals surface area contributed by atoms with Gasteiger partial charge in [0.05, 0.1) is 5.69 Å². The van der Waals surface area contributed by atoms with E-state index >= 15 is 0 Å². The highest BCUT2D eigenvalue weighted by Crippen LogP contribution is 2.20. The van der Waals surface area contributed by atoms with Crippen LogP contribution in [-0.2, 0) is 11.9 Å². The van der Waals surface area contributed by atoms with Crippen LogP contribution in [-0.4, -0.2) is 36.8 Å². The van der Waals surface area contributed by atoms with E-state index in [0.717, 1.165) is 4.68 Å². The van der Waals surface area contributed by atoms with E-state index in [9.17, 15) is 18.3 Å². The van der Waals surface area contributed by atoms with E-state index in [-0.39, 0.29) is 5.69 Å². The maximum atomic E-state index is 12.0. The summed E-state index contributed by atoms with van der Waals surface area (Å²) in [5, 5.41) is 11.7. The fraction of sp³-hybridized carbons (Fsp3) is 0.500. The van der Waals surface area contributed by atoms with Gasteiger partial charge in [-0.15, -0.1) is 0 Å². The average Bonchev–Trinajstić information content (AvgIpc) is 2.29. The van der Waals surface area contributed by atoms with E-state index in [0.29, 0.717) is 0 Å². The number of hydrogen-bond acceptors (Lipinski definition) is 2. The van der Waals surface area contributed by atoms with Crippen LogP contribution in [0.5, 0.6) is 0 Å². The Morgan fingerprint density at radius 3 is 2.43 bits per heavy atom. The highest BCUT2D eigenvalue weighted by molar-refractivity contribution is 6.38. The monoisotopic (exact) mass is 204 g/mol. The molecule has 0 aromatic carbocycles. The summed E-state index contributed by atoms with van der Waals surface area (Å²) in [6.45, 7) is -1.18. The Balaban J connectivity index is 2.95. The Hall–Kier alpha value is -0.910. The van der Waals surface area contributed by atoms with Gasteiger partial charge in [0, 0.05) is 11.6 Å². The van der Waals surface area contributed by atoms with Crippen molar-refractivity contribution in [3.63, 3.8) is 0 Å². The summed E-state index contributed by atoms with van der Waals surface area (Å²) in [5.74, 6) is 0. The third-order valence-corrected chi connectivity index (χ3v) is 1.67. The Labute approximate surface area is 80.7 Å². The molecule has 0 aliphatic heterocycles. The zero-order valence-corrected chi connectivity index (χ0v) is 7.84. The van der Waals surface area contributed by atoms with Crippen molar-refractivity contribution in [3.05, 3.63) is 18.0 Å². The summed E-state index contributed by atoms with van der Waals surface area (Å²) in [4.78, 5) is 0. The molecule has 0 spiro atoms. The van der Waals surface area contributed by atoms with Crippen molar-refractivity contribution in [2.75, 3.05) is 0 Å². The van der Waals surface area contributed by atoms with Crippen LogP contribution in [0.1, 0.15) is 5.69 Å². The first-order chi connectivity index (χ1) is 6.20. The molecule has 0 amide bonds. The summed E-state index contributed by atoms with van der Waals surface area (Å²) in [6.07, 6.45) is -3.09. The predicted octanol–water partition coefficient (Wildman–Crippen LogP) is -1.19. The molecule has 14 heavy (non-hydrogen) atoms. The second-order valence-electron chi connectivity index (χ2n) is 3.55. The van der Waals surface area contributed by atoms with Gasteiger partial charge in [0.25, 0.3) is 0 Å². The minimum absolute atomic E-state index is 0.148. The molecule has 1 N–H and O–H groups in total. The zero-order valence-electron chi connectivity index (χ0n) is 7.84. The van der Waals surface area contributed by atoms with Crippen LogP contribution >= 0.6 is 0 Å². The highest BCUT2D eigenvalue weighted by Gasteiger charge is 2.31. The number of aliphatic hydroxyl groups is 1. The molecule has 0 saturated carbocycles. The molecule has 0 unspecified atom stereocenters. The SMILES string of the molecule is BC(B)(O)c1ccnn1CC(F)(F)F. The molecule has 8 heteroatoms. The van der Waals surface area contributed by atoms with E-state index in [4.69, 9.17) is 0 Å². The van der Waals surface area contributed by atoms with Crippen LogP contribution < -0.4 is 0 Å². The fourth-order valence-corrected chi connectivity index (χ4v) is 1.15. The van der Waals surface area contributed by atoms with Crippen molar-refractivity contribution < 1.29 is 18.3 Å². The van der Waals surface area contributed by atoms with Crippen molar-refractivity contribution in [3.8, 4) is 0 Å². The standard InChI is InChI=1S/C6H9B2F3N2O/c7-6(8,14)4-1-2-12-13(4)3-5(9,10)11/h1-2,14H,3,7-8H2. The Morgan fingerprint density at radius 1 is 1.43 bits per heavy atom. The third kappa shape index (κ3) is 2.80. The van der Waals surface area contributed by atoms with Gasteiger partial charge in [-0.3, -0.25) is 4.68 Å². The van der Waals surface area contributed by atoms with E-state index < -0.39 is 18.1 Å². The molecule has 0 radical (unpaired) electrons. The lowest BCUT2D eigenvalue weighted by molar-refractivity contribution is -0.143. The van der Waals surface area contributed by atoms with E-state index in [2.05, 4.69) is 5.10 Å². The summed E-state index contributed by atoms with van der Waals surface area (Å²) < 4.78 is 36.9. The van der Waals surface area contributed by atoms with Gasteiger partial charge in [-0.2, -0.15) is 18.3 Å². The first-order valence-corrected chi connectivity index (χ1v) is 4.01. The molecule has 3 nitrogen and oxygen atoms in total. The number of rotatable bonds is 2. The van der Waals surface area contributed by atoms with Gasteiger partial charge in [0.15, 0.2) is 0 Å². The van der Waals surface area contributed by atoms with Gasteiger partial charge >= 0.3 is 6.18 Å². The summed E-state index contributed by atoms with van der Waals surface area (Å²) >= 11 is 0. The van der Waals surface area contributed by atoms with Gasteiger partial charge in [-0.05, 0) is 6.07 Å². The van der Waals surface area contributed by atoms with Gasteiger partial charge in [0.2, 0.25) is 0 Å². The molecule has 1 heterocycles. The quantitative estimate of drug-likeness (QED) is 0.615. The molecular weight excluding hydrogens is 195 g/mol.